The monoisotopic (exact) mass is 360 g/mol. The SMILES string of the molecule is CC(CC(=O)N1CCC(O)(Cc2cc[nH]c2)CC1Cl)c1ccccc1. The van der Waals surface area contributed by atoms with Gasteiger partial charge in [-0.05, 0) is 29.5 Å². The van der Waals surface area contributed by atoms with E-state index in [1.54, 1.807) is 4.90 Å². The van der Waals surface area contributed by atoms with Crippen LogP contribution in [-0.4, -0.2) is 38.5 Å². The van der Waals surface area contributed by atoms with Gasteiger partial charge in [0.15, 0.2) is 0 Å². The third kappa shape index (κ3) is 4.44. The maximum Gasteiger partial charge on any atom is 0.224 e. The predicted molar refractivity (Wildman–Crippen MR) is 99.5 cm³/mol. The Hall–Kier alpha value is -1.78. The second-order valence-corrected chi connectivity index (χ2v) is 7.62. The molecule has 0 spiro atoms. The highest BCUT2D eigenvalue weighted by Gasteiger charge is 2.39. The Morgan fingerprint density at radius 2 is 2.16 bits per heavy atom. The number of carbonyl (C=O) groups is 1. The summed E-state index contributed by atoms with van der Waals surface area (Å²) in [4.78, 5) is 17.4. The van der Waals surface area contributed by atoms with E-state index < -0.39 is 11.1 Å². The van der Waals surface area contributed by atoms with Crippen LogP contribution in [0.1, 0.15) is 43.2 Å². The first-order chi connectivity index (χ1) is 12.0. The van der Waals surface area contributed by atoms with Gasteiger partial charge in [-0.25, -0.2) is 0 Å². The number of aromatic nitrogens is 1. The number of likely N-dealkylation sites (tertiary alicyclic amines) is 1. The highest BCUT2D eigenvalue weighted by Crippen LogP contribution is 2.33. The normalized spacial score (nSPS) is 24.9. The van der Waals surface area contributed by atoms with Gasteiger partial charge >= 0.3 is 0 Å². The molecule has 2 N–H and O–H groups in total. The average Bonchev–Trinajstić information content (AvgIpc) is 3.07. The van der Waals surface area contributed by atoms with E-state index in [4.69, 9.17) is 11.6 Å². The molecule has 1 aliphatic rings. The van der Waals surface area contributed by atoms with Crippen molar-refractivity contribution in [1.29, 1.82) is 0 Å². The van der Waals surface area contributed by atoms with Crippen LogP contribution in [0.5, 0.6) is 0 Å². The van der Waals surface area contributed by atoms with Gasteiger partial charge in [-0.2, -0.15) is 0 Å². The van der Waals surface area contributed by atoms with Gasteiger partial charge in [0.05, 0.1) is 5.60 Å². The van der Waals surface area contributed by atoms with E-state index in [1.165, 1.54) is 0 Å². The lowest BCUT2D eigenvalue weighted by Crippen LogP contribution is -2.51. The minimum Gasteiger partial charge on any atom is -0.389 e. The minimum absolute atomic E-state index is 0.0556. The zero-order valence-electron chi connectivity index (χ0n) is 14.5. The van der Waals surface area contributed by atoms with Crippen molar-refractivity contribution in [3.05, 3.63) is 59.9 Å². The molecule has 25 heavy (non-hydrogen) atoms. The van der Waals surface area contributed by atoms with E-state index in [-0.39, 0.29) is 11.8 Å². The molecule has 1 aromatic heterocycles. The van der Waals surface area contributed by atoms with Gasteiger partial charge in [0.1, 0.15) is 5.50 Å². The van der Waals surface area contributed by atoms with Crippen LogP contribution in [0.4, 0.5) is 0 Å². The molecule has 1 saturated heterocycles. The zero-order valence-corrected chi connectivity index (χ0v) is 15.2. The third-order valence-corrected chi connectivity index (χ3v) is 5.46. The van der Waals surface area contributed by atoms with Crippen LogP contribution in [0.3, 0.4) is 0 Å². The van der Waals surface area contributed by atoms with Crippen LogP contribution in [0.15, 0.2) is 48.8 Å². The van der Waals surface area contributed by atoms with Gasteiger partial charge < -0.3 is 15.0 Å². The van der Waals surface area contributed by atoms with Crippen molar-refractivity contribution in [1.82, 2.24) is 9.88 Å². The standard InChI is InChI=1S/C20H25ClN2O2/c1-15(17-5-3-2-4-6-17)11-19(24)23-10-8-20(25,13-18(23)21)12-16-7-9-22-14-16/h2-7,9,14-15,18,22,25H,8,10-13H2,1H3. The number of alkyl halides is 1. The van der Waals surface area contributed by atoms with Crippen molar-refractivity contribution < 1.29 is 9.90 Å². The largest absolute Gasteiger partial charge is 0.389 e. The van der Waals surface area contributed by atoms with Gasteiger partial charge in [-0.1, -0.05) is 48.9 Å². The molecule has 1 amide bonds. The second-order valence-electron chi connectivity index (χ2n) is 7.11. The number of H-pyrrole nitrogens is 1. The number of aromatic amines is 1. The van der Waals surface area contributed by atoms with E-state index in [0.717, 1.165) is 11.1 Å². The highest BCUT2D eigenvalue weighted by molar-refractivity contribution is 6.21. The highest BCUT2D eigenvalue weighted by atomic mass is 35.5. The number of aliphatic hydroxyl groups is 1. The fourth-order valence-corrected chi connectivity index (χ4v) is 4.06. The maximum absolute atomic E-state index is 12.7. The smallest absolute Gasteiger partial charge is 0.224 e. The predicted octanol–water partition coefficient (Wildman–Crippen LogP) is 3.67. The summed E-state index contributed by atoms with van der Waals surface area (Å²) in [6.07, 6.45) is 5.67. The number of hydrogen-bond donors (Lipinski definition) is 2. The topological polar surface area (TPSA) is 56.3 Å². The Morgan fingerprint density at radius 3 is 2.80 bits per heavy atom. The molecular weight excluding hydrogens is 336 g/mol. The summed E-state index contributed by atoms with van der Waals surface area (Å²) in [6.45, 7) is 2.55. The Kier molecular flexibility index (Phi) is 5.50. The summed E-state index contributed by atoms with van der Waals surface area (Å²) in [5.74, 6) is 0.207. The van der Waals surface area contributed by atoms with Crippen molar-refractivity contribution in [2.24, 2.45) is 0 Å². The molecule has 0 aliphatic carbocycles. The number of halogens is 1. The number of rotatable bonds is 5. The minimum atomic E-state index is -0.851. The summed E-state index contributed by atoms with van der Waals surface area (Å²) in [6, 6.07) is 12.0. The number of benzene rings is 1. The van der Waals surface area contributed by atoms with E-state index in [1.807, 2.05) is 48.8 Å². The molecule has 2 heterocycles. The lowest BCUT2D eigenvalue weighted by atomic mass is 9.85. The molecule has 0 saturated carbocycles. The van der Waals surface area contributed by atoms with Gasteiger partial charge in [-0.3, -0.25) is 4.79 Å². The summed E-state index contributed by atoms with van der Waals surface area (Å²) < 4.78 is 0. The van der Waals surface area contributed by atoms with E-state index in [2.05, 4.69) is 11.9 Å². The summed E-state index contributed by atoms with van der Waals surface area (Å²) in [7, 11) is 0. The van der Waals surface area contributed by atoms with Crippen molar-refractivity contribution in [2.45, 2.75) is 49.6 Å². The van der Waals surface area contributed by atoms with Crippen molar-refractivity contribution in [3.8, 4) is 0 Å². The molecule has 1 fully saturated rings. The summed E-state index contributed by atoms with van der Waals surface area (Å²) in [5, 5.41) is 10.8. The van der Waals surface area contributed by atoms with Gasteiger partial charge in [0, 0.05) is 38.2 Å². The van der Waals surface area contributed by atoms with Gasteiger partial charge in [0.2, 0.25) is 5.91 Å². The maximum atomic E-state index is 12.7. The van der Waals surface area contributed by atoms with Gasteiger partial charge in [0.25, 0.3) is 0 Å². The quantitative estimate of drug-likeness (QED) is 0.631. The van der Waals surface area contributed by atoms with Crippen molar-refractivity contribution in [3.63, 3.8) is 0 Å². The van der Waals surface area contributed by atoms with Crippen LogP contribution in [-0.2, 0) is 11.2 Å². The number of nitrogens with zero attached hydrogens (tertiary/aromatic N) is 1. The molecule has 0 radical (unpaired) electrons. The van der Waals surface area contributed by atoms with Gasteiger partial charge in [-0.15, -0.1) is 0 Å². The van der Waals surface area contributed by atoms with Crippen LogP contribution in [0, 0.1) is 0 Å². The van der Waals surface area contributed by atoms with Crippen molar-refractivity contribution >= 4 is 17.5 Å². The number of carbonyl (C=O) groups excluding carboxylic acids is 1. The van der Waals surface area contributed by atoms with E-state index in [0.29, 0.717) is 32.2 Å². The Balaban J connectivity index is 1.58. The summed E-state index contributed by atoms with van der Waals surface area (Å²) >= 11 is 6.47. The first-order valence-electron chi connectivity index (χ1n) is 8.79. The lowest BCUT2D eigenvalue weighted by Gasteiger charge is -2.41. The number of piperidine rings is 1. The van der Waals surface area contributed by atoms with Crippen LogP contribution in [0.2, 0.25) is 0 Å². The Bertz CT molecular complexity index is 689. The first-order valence-corrected chi connectivity index (χ1v) is 9.23. The third-order valence-electron chi connectivity index (χ3n) is 5.07. The molecule has 3 unspecified atom stereocenters. The molecule has 1 aliphatic heterocycles. The average molecular weight is 361 g/mol. The lowest BCUT2D eigenvalue weighted by molar-refractivity contribution is -0.137. The zero-order chi connectivity index (χ0) is 17.9. The molecule has 2 aromatic rings. The molecular formula is C20H25ClN2O2. The summed E-state index contributed by atoms with van der Waals surface area (Å²) in [5.41, 5.74) is 0.899. The molecule has 4 nitrogen and oxygen atoms in total. The van der Waals surface area contributed by atoms with Crippen LogP contribution >= 0.6 is 11.6 Å². The van der Waals surface area contributed by atoms with E-state index in [9.17, 15) is 9.90 Å². The molecule has 3 atom stereocenters. The fraction of sp³-hybridized carbons (Fsp3) is 0.450. The number of hydrogen-bond acceptors (Lipinski definition) is 2. The first kappa shape index (κ1) is 18.0. The Morgan fingerprint density at radius 1 is 1.40 bits per heavy atom. The number of amides is 1. The molecule has 3 rings (SSSR count). The second kappa shape index (κ2) is 7.63. The van der Waals surface area contributed by atoms with Crippen LogP contribution in [0.25, 0.3) is 0 Å². The molecule has 1 aromatic carbocycles. The Labute approximate surface area is 153 Å². The van der Waals surface area contributed by atoms with Crippen LogP contribution < -0.4 is 0 Å². The number of nitrogens with one attached hydrogen (secondary N) is 1. The molecule has 0 bridgehead atoms. The molecule has 5 heteroatoms. The van der Waals surface area contributed by atoms with E-state index >= 15 is 0 Å². The fourth-order valence-electron chi connectivity index (χ4n) is 3.56. The molecule has 134 valence electrons. The van der Waals surface area contributed by atoms with Crippen molar-refractivity contribution in [2.75, 3.05) is 6.54 Å².